The fourth-order valence-electron chi connectivity index (χ4n) is 3.33. The third kappa shape index (κ3) is 2.82. The molecule has 4 nitrogen and oxygen atoms in total. The summed E-state index contributed by atoms with van der Waals surface area (Å²) in [6.45, 7) is 0.425. The molecule has 0 aromatic heterocycles. The van der Waals surface area contributed by atoms with Gasteiger partial charge in [-0.3, -0.25) is 4.79 Å². The topological polar surface area (TPSA) is 76.7 Å². The molecule has 128 valence electrons. The number of benzene rings is 3. The lowest BCUT2D eigenvalue weighted by Crippen LogP contribution is -2.12. The van der Waals surface area contributed by atoms with Crippen molar-refractivity contribution >= 4 is 5.91 Å². The standard InChI is InChI=1S/C22H12FN3O/c23-17-4-5-18(15(7-17)11-25)21-9-20-16(12-26-22(20)27)8-19(21)14-3-1-2-13(6-14)10-24/h1-9H,12H2,(H,26,27). The minimum atomic E-state index is -0.498. The maximum absolute atomic E-state index is 13.6. The van der Waals surface area contributed by atoms with Crippen molar-refractivity contribution in [3.63, 3.8) is 0 Å². The van der Waals surface area contributed by atoms with E-state index in [0.29, 0.717) is 28.8 Å². The number of carbonyl (C=O) groups excluding carboxylic acids is 1. The van der Waals surface area contributed by atoms with Crippen LogP contribution in [0.4, 0.5) is 4.39 Å². The molecule has 1 N–H and O–H groups in total. The van der Waals surface area contributed by atoms with Crippen molar-refractivity contribution in [3.05, 3.63) is 82.7 Å². The average Bonchev–Trinajstić information content (AvgIpc) is 3.07. The van der Waals surface area contributed by atoms with Crippen molar-refractivity contribution in [2.24, 2.45) is 0 Å². The zero-order valence-electron chi connectivity index (χ0n) is 14.1. The van der Waals surface area contributed by atoms with Gasteiger partial charge in [0.2, 0.25) is 0 Å². The Morgan fingerprint density at radius 1 is 0.889 bits per heavy atom. The predicted octanol–water partition coefficient (Wildman–Crippen LogP) is 4.15. The van der Waals surface area contributed by atoms with Gasteiger partial charge in [-0.25, -0.2) is 4.39 Å². The molecular formula is C22H12FN3O. The molecule has 5 heteroatoms. The largest absolute Gasteiger partial charge is 0.348 e. The van der Waals surface area contributed by atoms with Gasteiger partial charge >= 0.3 is 0 Å². The van der Waals surface area contributed by atoms with Crippen LogP contribution in [0.1, 0.15) is 27.0 Å². The Morgan fingerprint density at radius 2 is 1.74 bits per heavy atom. The van der Waals surface area contributed by atoms with Crippen molar-refractivity contribution in [1.29, 1.82) is 10.5 Å². The van der Waals surface area contributed by atoms with Gasteiger partial charge in [0.05, 0.1) is 23.3 Å². The second-order valence-electron chi connectivity index (χ2n) is 6.23. The molecular weight excluding hydrogens is 341 g/mol. The molecule has 0 saturated heterocycles. The van der Waals surface area contributed by atoms with E-state index < -0.39 is 5.82 Å². The Balaban J connectivity index is 2.03. The number of hydrogen-bond donors (Lipinski definition) is 1. The number of rotatable bonds is 2. The molecule has 0 radical (unpaired) electrons. The lowest BCUT2D eigenvalue weighted by Gasteiger charge is -2.14. The first-order valence-corrected chi connectivity index (χ1v) is 8.26. The Bertz CT molecular complexity index is 1190. The summed E-state index contributed by atoms with van der Waals surface area (Å²) in [4.78, 5) is 12.1. The van der Waals surface area contributed by atoms with Crippen LogP contribution in [0.3, 0.4) is 0 Å². The molecule has 0 atom stereocenters. The second kappa shape index (κ2) is 6.40. The van der Waals surface area contributed by atoms with E-state index in [1.807, 2.05) is 18.2 Å². The van der Waals surface area contributed by atoms with E-state index in [4.69, 9.17) is 0 Å². The van der Waals surface area contributed by atoms with Crippen molar-refractivity contribution in [3.8, 4) is 34.4 Å². The van der Waals surface area contributed by atoms with Crippen molar-refractivity contribution < 1.29 is 9.18 Å². The summed E-state index contributed by atoms with van der Waals surface area (Å²) in [5.74, 6) is -0.675. The lowest BCUT2D eigenvalue weighted by atomic mass is 9.88. The monoisotopic (exact) mass is 353 g/mol. The van der Waals surface area contributed by atoms with Gasteiger partial charge in [-0.2, -0.15) is 10.5 Å². The summed E-state index contributed by atoms with van der Waals surface area (Å²) in [6.07, 6.45) is 0. The summed E-state index contributed by atoms with van der Waals surface area (Å²) in [7, 11) is 0. The van der Waals surface area contributed by atoms with Gasteiger partial charge in [-0.1, -0.05) is 18.2 Å². The molecule has 1 heterocycles. The van der Waals surface area contributed by atoms with Gasteiger partial charge in [0, 0.05) is 17.7 Å². The zero-order chi connectivity index (χ0) is 19.0. The second-order valence-corrected chi connectivity index (χ2v) is 6.23. The molecule has 0 aliphatic carbocycles. The van der Waals surface area contributed by atoms with Crippen molar-refractivity contribution in [2.45, 2.75) is 6.54 Å². The quantitative estimate of drug-likeness (QED) is 0.752. The number of nitrogens with zero attached hydrogens (tertiary/aromatic N) is 2. The summed E-state index contributed by atoms with van der Waals surface area (Å²) in [6, 6.07) is 18.9. The molecule has 0 saturated carbocycles. The Kier molecular flexibility index (Phi) is 3.91. The van der Waals surface area contributed by atoms with E-state index in [-0.39, 0.29) is 11.5 Å². The molecule has 0 spiro atoms. The molecule has 3 aromatic carbocycles. The fraction of sp³-hybridized carbons (Fsp3) is 0.0455. The van der Waals surface area contributed by atoms with Gasteiger partial charge in [-0.05, 0) is 58.7 Å². The number of nitriles is 2. The van der Waals surface area contributed by atoms with Gasteiger partial charge in [0.15, 0.2) is 0 Å². The van der Waals surface area contributed by atoms with E-state index in [1.165, 1.54) is 12.1 Å². The number of hydrogen-bond acceptors (Lipinski definition) is 3. The van der Waals surface area contributed by atoms with Crippen molar-refractivity contribution in [2.75, 3.05) is 0 Å². The van der Waals surface area contributed by atoms with E-state index in [9.17, 15) is 19.7 Å². The van der Waals surface area contributed by atoms with Crippen LogP contribution in [0, 0.1) is 28.5 Å². The smallest absolute Gasteiger partial charge is 0.251 e. The molecule has 0 unspecified atom stereocenters. The molecule has 1 aliphatic heterocycles. The van der Waals surface area contributed by atoms with E-state index >= 15 is 0 Å². The first-order chi connectivity index (χ1) is 13.1. The summed E-state index contributed by atoms with van der Waals surface area (Å²) < 4.78 is 13.6. The maximum Gasteiger partial charge on any atom is 0.251 e. The van der Waals surface area contributed by atoms with Crippen LogP contribution >= 0.6 is 0 Å². The Morgan fingerprint density at radius 3 is 2.52 bits per heavy atom. The number of halogens is 1. The summed E-state index contributed by atoms with van der Waals surface area (Å²) in [5.41, 5.74) is 4.85. The minimum Gasteiger partial charge on any atom is -0.348 e. The minimum absolute atomic E-state index is 0.177. The van der Waals surface area contributed by atoms with E-state index in [1.54, 1.807) is 30.3 Å². The van der Waals surface area contributed by atoms with E-state index in [2.05, 4.69) is 11.4 Å². The van der Waals surface area contributed by atoms with Crippen molar-refractivity contribution in [1.82, 2.24) is 5.32 Å². The molecule has 1 aliphatic rings. The van der Waals surface area contributed by atoms with Gasteiger partial charge in [0.1, 0.15) is 5.82 Å². The van der Waals surface area contributed by atoms with Gasteiger partial charge < -0.3 is 5.32 Å². The summed E-state index contributed by atoms with van der Waals surface area (Å²) >= 11 is 0. The summed E-state index contributed by atoms with van der Waals surface area (Å²) in [5, 5.41) is 21.4. The average molecular weight is 353 g/mol. The fourth-order valence-corrected chi connectivity index (χ4v) is 3.33. The number of amides is 1. The molecule has 0 bridgehead atoms. The first-order valence-electron chi connectivity index (χ1n) is 8.26. The van der Waals surface area contributed by atoms with Crippen LogP contribution in [-0.4, -0.2) is 5.91 Å². The highest BCUT2D eigenvalue weighted by Gasteiger charge is 2.23. The third-order valence-corrected chi connectivity index (χ3v) is 4.62. The Labute approximate surface area is 155 Å². The predicted molar refractivity (Wildman–Crippen MR) is 97.9 cm³/mol. The molecule has 0 fully saturated rings. The SMILES string of the molecule is N#Cc1cccc(-c2cc3c(cc2-c2ccc(F)cc2C#N)C(=O)NC3)c1. The van der Waals surface area contributed by atoms with E-state index in [0.717, 1.165) is 16.7 Å². The molecule has 4 rings (SSSR count). The van der Waals surface area contributed by atoms with Crippen LogP contribution in [0.15, 0.2) is 54.6 Å². The molecule has 3 aromatic rings. The highest BCUT2D eigenvalue weighted by molar-refractivity contribution is 6.02. The zero-order valence-corrected chi connectivity index (χ0v) is 14.1. The highest BCUT2D eigenvalue weighted by Crippen LogP contribution is 2.37. The van der Waals surface area contributed by atoms with Crippen LogP contribution in [0.2, 0.25) is 0 Å². The molecule has 27 heavy (non-hydrogen) atoms. The van der Waals surface area contributed by atoms with Gasteiger partial charge in [0.25, 0.3) is 5.91 Å². The Hall–Kier alpha value is -3.96. The van der Waals surface area contributed by atoms with Crippen LogP contribution in [0.25, 0.3) is 22.3 Å². The van der Waals surface area contributed by atoms with Crippen LogP contribution in [0.5, 0.6) is 0 Å². The first kappa shape index (κ1) is 16.5. The lowest BCUT2D eigenvalue weighted by molar-refractivity contribution is 0.0966. The number of carbonyl (C=O) groups is 1. The normalized spacial score (nSPS) is 12.0. The van der Waals surface area contributed by atoms with Crippen LogP contribution < -0.4 is 5.32 Å². The number of fused-ring (bicyclic) bond motifs is 1. The third-order valence-electron chi connectivity index (χ3n) is 4.62. The number of nitrogens with one attached hydrogen (secondary N) is 1. The highest BCUT2D eigenvalue weighted by atomic mass is 19.1. The van der Waals surface area contributed by atoms with Gasteiger partial charge in [-0.15, -0.1) is 0 Å². The maximum atomic E-state index is 13.6. The molecule has 1 amide bonds. The van der Waals surface area contributed by atoms with Crippen LogP contribution in [-0.2, 0) is 6.54 Å².